The highest BCUT2D eigenvalue weighted by atomic mass is 31.2. The van der Waals surface area contributed by atoms with Gasteiger partial charge in [0.05, 0.1) is 26.4 Å². The summed E-state index contributed by atoms with van der Waals surface area (Å²) in [7, 11) is -10.0. The number of ether oxygens (including phenoxy) is 4. The van der Waals surface area contributed by atoms with E-state index in [2.05, 4.69) is 216 Å². The molecule has 0 aromatic rings. The minimum atomic E-state index is -5.03. The molecule has 0 radical (unpaired) electrons. The van der Waals surface area contributed by atoms with E-state index in [4.69, 9.17) is 37.0 Å². The van der Waals surface area contributed by atoms with Gasteiger partial charge in [0, 0.05) is 25.7 Å². The number of carbonyl (C=O) groups excluding carboxylic acids is 4. The second kappa shape index (κ2) is 82.6. The van der Waals surface area contributed by atoms with Gasteiger partial charge in [-0.2, -0.15) is 0 Å². The Kier molecular flexibility index (Phi) is 77.9. The number of aliphatic hydroxyl groups excluding tert-OH is 1. The van der Waals surface area contributed by atoms with Crippen LogP contribution in [0.4, 0.5) is 0 Å². The number of carbonyl (C=O) groups is 4. The van der Waals surface area contributed by atoms with Gasteiger partial charge in [0.1, 0.15) is 19.3 Å². The summed E-state index contributed by atoms with van der Waals surface area (Å²) in [4.78, 5) is 73.2. The van der Waals surface area contributed by atoms with E-state index in [1.54, 1.807) is 0 Å². The summed E-state index contributed by atoms with van der Waals surface area (Å²) in [5.74, 6) is -2.38. The molecule has 0 aliphatic carbocycles. The van der Waals surface area contributed by atoms with Crippen molar-refractivity contribution < 1.29 is 80.2 Å². The topological polar surface area (TPSA) is 237 Å². The molecule has 0 aromatic carbocycles. The van der Waals surface area contributed by atoms with Gasteiger partial charge in [0.25, 0.3) is 0 Å². The van der Waals surface area contributed by atoms with Crippen molar-refractivity contribution in [3.05, 3.63) is 207 Å². The average Bonchev–Trinajstić information content (AvgIpc) is 0.907. The molecule has 17 nitrogen and oxygen atoms in total. The maximum absolute atomic E-state index is 13.1. The van der Waals surface area contributed by atoms with Crippen LogP contribution in [0, 0.1) is 0 Å². The third-order valence-corrected chi connectivity index (χ3v) is 18.6. The summed E-state index contributed by atoms with van der Waals surface area (Å²) in [6.45, 7) is 4.34. The lowest BCUT2D eigenvalue weighted by molar-refractivity contribution is -0.161. The Bertz CT molecular complexity index is 2940. The highest BCUT2D eigenvalue weighted by Crippen LogP contribution is 2.45. The summed E-state index contributed by atoms with van der Waals surface area (Å²) in [5.41, 5.74) is 0. The molecule has 112 heavy (non-hydrogen) atoms. The fraction of sp³-hybridized carbons (Fsp3) is 0.591. The van der Waals surface area contributed by atoms with Gasteiger partial charge in [-0.3, -0.25) is 37.3 Å². The van der Waals surface area contributed by atoms with Crippen molar-refractivity contribution in [2.75, 3.05) is 39.6 Å². The molecule has 0 saturated carbocycles. The predicted octanol–water partition coefficient (Wildman–Crippen LogP) is 25.4. The zero-order chi connectivity index (χ0) is 81.7. The normalized spacial score (nSPS) is 14.8. The monoisotopic (exact) mass is 1600 g/mol. The Labute approximate surface area is 678 Å². The standard InChI is InChI=1S/C93H148O17P2/c1-5-9-13-17-21-25-29-33-37-40-43-46-50-54-58-62-66-70-74-78-91(96)104-84-89(110-93(98)80-76-72-68-64-60-56-52-48-45-42-39-35-31-27-23-19-15-11-7-3)86-108-112(101,102)106-82-87(94)81-105-111(99,100)107-85-88(83-103-90(95)77-73-69-65-61-57-53-49-36-32-28-24-20-16-12-8-4)109-92(97)79-75-71-67-63-59-55-51-47-44-41-38-34-30-26-22-18-14-10-6-2/h9-11,13-15,21-23,25-27,33-39,43-49,54-56,58-60,68,72,87-89,94H,5-8,12,16-20,24,28-32,40-42,50-53,57,61-67,69-71,73-86H2,1-4H3,(H,99,100)(H,101,102)/b13-9-,14-10-,15-11-,25-21-,26-22-,27-23-,37-33-,38-34-,39-35-,46-43-,47-44-,48-45-,49-36-,58-54-,59-55-,60-56-,72-68-/t87-,88+,89+/m0/s1. The fourth-order valence-corrected chi connectivity index (χ4v) is 12.0. The molecule has 3 N–H and O–H groups in total. The molecule has 19 heteroatoms. The predicted molar refractivity (Wildman–Crippen MR) is 463 cm³/mol. The number of phosphoric ester groups is 2. The van der Waals surface area contributed by atoms with Gasteiger partial charge in [-0.1, -0.05) is 298 Å². The molecule has 0 aliphatic heterocycles. The van der Waals surface area contributed by atoms with E-state index in [0.29, 0.717) is 32.1 Å². The molecule has 0 heterocycles. The molecule has 0 aliphatic rings. The molecular formula is C93H148O17P2. The zero-order valence-electron chi connectivity index (χ0n) is 69.3. The summed E-state index contributed by atoms with van der Waals surface area (Å²) < 4.78 is 68.6. The van der Waals surface area contributed by atoms with Crippen LogP contribution in [-0.4, -0.2) is 96.7 Å². The van der Waals surface area contributed by atoms with Crippen LogP contribution in [0.2, 0.25) is 0 Å². The van der Waals surface area contributed by atoms with E-state index < -0.39 is 97.5 Å². The highest BCUT2D eigenvalue weighted by molar-refractivity contribution is 7.47. The molecule has 0 fully saturated rings. The van der Waals surface area contributed by atoms with Crippen LogP contribution in [0.5, 0.6) is 0 Å². The number of aliphatic hydroxyl groups is 1. The molecule has 0 spiro atoms. The minimum absolute atomic E-state index is 0.0439. The largest absolute Gasteiger partial charge is 0.472 e. The van der Waals surface area contributed by atoms with Crippen molar-refractivity contribution in [2.24, 2.45) is 0 Å². The molecule has 0 saturated heterocycles. The van der Waals surface area contributed by atoms with E-state index in [-0.39, 0.29) is 25.7 Å². The number of esters is 4. The van der Waals surface area contributed by atoms with Crippen molar-refractivity contribution in [1.82, 2.24) is 0 Å². The lowest BCUT2D eigenvalue weighted by Crippen LogP contribution is -2.30. The first-order chi connectivity index (χ1) is 54.7. The van der Waals surface area contributed by atoms with Gasteiger partial charge in [-0.15, -0.1) is 0 Å². The Morgan fingerprint density at radius 1 is 0.259 bits per heavy atom. The first-order valence-electron chi connectivity index (χ1n) is 42.3. The summed E-state index contributed by atoms with van der Waals surface area (Å²) >= 11 is 0. The van der Waals surface area contributed by atoms with Crippen molar-refractivity contribution >= 4 is 39.5 Å². The van der Waals surface area contributed by atoms with Gasteiger partial charge >= 0.3 is 39.5 Å². The van der Waals surface area contributed by atoms with Gasteiger partial charge in [-0.25, -0.2) is 9.13 Å². The Balaban J connectivity index is 5.56. The molecule has 2 unspecified atom stereocenters. The van der Waals surface area contributed by atoms with Crippen LogP contribution < -0.4 is 0 Å². The minimum Gasteiger partial charge on any atom is -0.462 e. The SMILES string of the molecule is CC/C=C\C/C=C\C/C=C\C/C=C\C/C=C\C/C=C\CCC(=O)O[C@H](COC(=O)CCCCC/C=C\C/C=C\C/C=C\C/C=C\C/C=C\CC)COP(=O)(O)OC[C@@H](O)COP(=O)(O)OC[C@@H](COC(=O)CCCCCCC/C=C\CCCCCCCC)OC(=O)CCCCC/C=C\C/C=C\C/C=C\C/C=C\C/C=C\CC. The van der Waals surface area contributed by atoms with Gasteiger partial charge in [-0.05, 0) is 180 Å². The van der Waals surface area contributed by atoms with E-state index >= 15 is 0 Å². The third-order valence-electron chi connectivity index (χ3n) is 16.7. The van der Waals surface area contributed by atoms with Gasteiger partial charge in [0.2, 0.25) is 0 Å². The first-order valence-corrected chi connectivity index (χ1v) is 45.3. The van der Waals surface area contributed by atoms with E-state index in [9.17, 15) is 43.2 Å². The molecule has 0 rings (SSSR count). The lowest BCUT2D eigenvalue weighted by Gasteiger charge is -2.21. The third kappa shape index (κ3) is 81.6. The van der Waals surface area contributed by atoms with Crippen LogP contribution in [-0.2, 0) is 65.4 Å². The second-order valence-corrected chi connectivity index (χ2v) is 30.2. The van der Waals surface area contributed by atoms with Crippen LogP contribution in [0.1, 0.15) is 297 Å². The number of hydrogen-bond donors (Lipinski definition) is 3. The van der Waals surface area contributed by atoms with Crippen molar-refractivity contribution in [3.63, 3.8) is 0 Å². The maximum atomic E-state index is 13.1. The van der Waals surface area contributed by atoms with E-state index in [1.807, 2.05) is 18.2 Å². The molecular weight excluding hydrogens is 1450 g/mol. The number of hydrogen-bond acceptors (Lipinski definition) is 15. The summed E-state index contributed by atoms with van der Waals surface area (Å²) in [6.07, 6.45) is 104. The van der Waals surface area contributed by atoms with Crippen molar-refractivity contribution in [1.29, 1.82) is 0 Å². The van der Waals surface area contributed by atoms with Gasteiger partial charge in [0.15, 0.2) is 12.2 Å². The van der Waals surface area contributed by atoms with Gasteiger partial charge < -0.3 is 33.8 Å². The average molecular weight is 1600 g/mol. The zero-order valence-corrected chi connectivity index (χ0v) is 71.0. The molecule has 0 aromatic heterocycles. The second-order valence-electron chi connectivity index (χ2n) is 27.3. The van der Waals surface area contributed by atoms with Crippen LogP contribution >= 0.6 is 15.6 Å². The number of allylic oxidation sites excluding steroid dienone is 34. The Morgan fingerprint density at radius 3 is 0.786 bits per heavy atom. The smallest absolute Gasteiger partial charge is 0.462 e. The Hall–Kier alpha value is -6.36. The summed E-state index contributed by atoms with van der Waals surface area (Å²) in [5, 5.41) is 10.7. The Morgan fingerprint density at radius 2 is 0.482 bits per heavy atom. The quantitative estimate of drug-likeness (QED) is 0.0169. The van der Waals surface area contributed by atoms with Crippen LogP contribution in [0.3, 0.4) is 0 Å². The van der Waals surface area contributed by atoms with Crippen LogP contribution in [0.25, 0.3) is 0 Å². The molecule has 0 bridgehead atoms. The number of phosphoric acid groups is 2. The number of rotatable bonds is 77. The highest BCUT2D eigenvalue weighted by Gasteiger charge is 2.30. The number of unbranched alkanes of at least 4 members (excludes halogenated alkanes) is 17. The molecule has 0 amide bonds. The first kappa shape index (κ1) is 106. The maximum Gasteiger partial charge on any atom is 0.472 e. The summed E-state index contributed by atoms with van der Waals surface area (Å²) in [6, 6.07) is 0. The van der Waals surface area contributed by atoms with E-state index in [0.717, 1.165) is 173 Å². The molecule has 5 atom stereocenters. The van der Waals surface area contributed by atoms with E-state index in [1.165, 1.54) is 38.5 Å². The fourth-order valence-electron chi connectivity index (χ4n) is 10.4. The lowest BCUT2D eigenvalue weighted by atomic mass is 10.1. The molecule has 632 valence electrons. The van der Waals surface area contributed by atoms with Crippen LogP contribution in [0.15, 0.2) is 207 Å². The van der Waals surface area contributed by atoms with Crippen molar-refractivity contribution in [2.45, 2.75) is 316 Å². The van der Waals surface area contributed by atoms with Crippen molar-refractivity contribution in [3.8, 4) is 0 Å².